The second-order valence-corrected chi connectivity index (χ2v) is 7.00. The number of aryl methyl sites for hydroxylation is 1. The number of benzene rings is 2. The summed E-state index contributed by atoms with van der Waals surface area (Å²) < 4.78 is 0. The summed E-state index contributed by atoms with van der Waals surface area (Å²) in [6.45, 7) is 0. The van der Waals surface area contributed by atoms with Gasteiger partial charge in [0, 0.05) is 0 Å². The largest absolute Gasteiger partial charge is 0.0851 e. The lowest BCUT2D eigenvalue weighted by molar-refractivity contribution is 0.404. The van der Waals surface area contributed by atoms with Crippen molar-refractivity contribution in [3.05, 3.63) is 72.3 Å². The molecule has 0 heteroatoms. The Morgan fingerprint density at radius 3 is 2.23 bits per heavy atom. The van der Waals surface area contributed by atoms with Gasteiger partial charge in [-0.05, 0) is 66.5 Å². The molecule has 0 heterocycles. The van der Waals surface area contributed by atoms with Crippen LogP contribution in [0, 0.1) is 17.8 Å². The van der Waals surface area contributed by atoms with Crippen LogP contribution in [0.4, 0.5) is 0 Å². The van der Waals surface area contributed by atoms with Crippen LogP contribution in [0.5, 0.6) is 0 Å². The van der Waals surface area contributed by atoms with Gasteiger partial charge in [-0.2, -0.15) is 0 Å². The summed E-state index contributed by atoms with van der Waals surface area (Å²) >= 11 is 0. The summed E-state index contributed by atoms with van der Waals surface area (Å²) in [5.41, 5.74) is 4.11. The maximum absolute atomic E-state index is 2.48. The lowest BCUT2D eigenvalue weighted by Crippen LogP contribution is -2.07. The fraction of sp³-hybridized carbons (Fsp3) is 0.364. The molecule has 3 atom stereocenters. The molecule has 0 aliphatic heterocycles. The van der Waals surface area contributed by atoms with E-state index >= 15 is 0 Å². The molecule has 2 aromatic carbocycles. The van der Waals surface area contributed by atoms with Gasteiger partial charge in [0.2, 0.25) is 0 Å². The van der Waals surface area contributed by atoms with Crippen molar-refractivity contribution in [2.24, 2.45) is 17.8 Å². The SMILES string of the molecule is C1=CC2CC1CC2CCCc1ccc(-c2ccccc2)cc1. The van der Waals surface area contributed by atoms with E-state index in [0.29, 0.717) is 0 Å². The van der Waals surface area contributed by atoms with E-state index in [-0.39, 0.29) is 0 Å². The van der Waals surface area contributed by atoms with E-state index in [4.69, 9.17) is 0 Å². The number of hydrogen-bond donors (Lipinski definition) is 0. The third kappa shape index (κ3) is 2.88. The smallest absolute Gasteiger partial charge is 0.0184 e. The molecule has 0 spiro atoms. The van der Waals surface area contributed by atoms with Crippen LogP contribution in [0.2, 0.25) is 0 Å². The van der Waals surface area contributed by atoms with E-state index in [1.165, 1.54) is 48.8 Å². The van der Waals surface area contributed by atoms with Gasteiger partial charge in [-0.15, -0.1) is 0 Å². The highest BCUT2D eigenvalue weighted by atomic mass is 14.4. The number of fused-ring (bicyclic) bond motifs is 2. The van der Waals surface area contributed by atoms with Crippen molar-refractivity contribution in [3.8, 4) is 11.1 Å². The summed E-state index contributed by atoms with van der Waals surface area (Å²) in [6, 6.07) is 19.8. The van der Waals surface area contributed by atoms with Crippen molar-refractivity contribution >= 4 is 0 Å². The second kappa shape index (κ2) is 6.12. The Hall–Kier alpha value is -1.82. The van der Waals surface area contributed by atoms with Crippen LogP contribution in [0.25, 0.3) is 11.1 Å². The predicted octanol–water partition coefficient (Wildman–Crippen LogP) is 5.89. The lowest BCUT2D eigenvalue weighted by Gasteiger charge is -2.17. The van der Waals surface area contributed by atoms with Crippen LogP contribution < -0.4 is 0 Å². The van der Waals surface area contributed by atoms with Crippen molar-refractivity contribution < 1.29 is 0 Å². The minimum atomic E-state index is 0.908. The van der Waals surface area contributed by atoms with E-state index in [0.717, 1.165) is 17.8 Å². The average molecular weight is 288 g/mol. The molecule has 2 bridgehead atoms. The van der Waals surface area contributed by atoms with Gasteiger partial charge in [-0.3, -0.25) is 0 Å². The summed E-state index contributed by atoms with van der Waals surface area (Å²) in [5.74, 6) is 2.80. The van der Waals surface area contributed by atoms with E-state index in [2.05, 4.69) is 66.7 Å². The highest BCUT2D eigenvalue weighted by molar-refractivity contribution is 5.63. The molecular weight excluding hydrogens is 264 g/mol. The van der Waals surface area contributed by atoms with Crippen molar-refractivity contribution in [1.29, 1.82) is 0 Å². The molecule has 0 N–H and O–H groups in total. The maximum atomic E-state index is 2.48. The molecular formula is C22H24. The van der Waals surface area contributed by atoms with Gasteiger partial charge >= 0.3 is 0 Å². The molecule has 2 aromatic rings. The minimum Gasteiger partial charge on any atom is -0.0851 e. The van der Waals surface area contributed by atoms with Crippen LogP contribution in [0.15, 0.2) is 66.7 Å². The van der Waals surface area contributed by atoms with Gasteiger partial charge in [-0.25, -0.2) is 0 Å². The zero-order valence-electron chi connectivity index (χ0n) is 13.1. The van der Waals surface area contributed by atoms with Crippen LogP contribution >= 0.6 is 0 Å². The Kier molecular flexibility index (Phi) is 3.84. The zero-order valence-corrected chi connectivity index (χ0v) is 13.1. The van der Waals surface area contributed by atoms with E-state index in [9.17, 15) is 0 Å². The number of allylic oxidation sites excluding steroid dienone is 2. The molecule has 0 nitrogen and oxygen atoms in total. The van der Waals surface area contributed by atoms with Crippen LogP contribution in [0.3, 0.4) is 0 Å². The molecule has 0 aromatic heterocycles. The normalized spacial score (nSPS) is 25.7. The Bertz CT molecular complexity index is 635. The van der Waals surface area contributed by atoms with Crippen LogP contribution in [-0.4, -0.2) is 0 Å². The van der Waals surface area contributed by atoms with E-state index in [1.807, 2.05) is 0 Å². The molecule has 22 heavy (non-hydrogen) atoms. The lowest BCUT2D eigenvalue weighted by atomic mass is 9.88. The monoisotopic (exact) mass is 288 g/mol. The molecule has 0 amide bonds. The van der Waals surface area contributed by atoms with Crippen molar-refractivity contribution in [2.45, 2.75) is 32.1 Å². The van der Waals surface area contributed by atoms with Crippen molar-refractivity contribution in [2.75, 3.05) is 0 Å². The second-order valence-electron chi connectivity index (χ2n) is 7.00. The third-order valence-electron chi connectivity index (χ3n) is 5.52. The van der Waals surface area contributed by atoms with Gasteiger partial charge in [-0.1, -0.05) is 66.7 Å². The Morgan fingerprint density at radius 1 is 0.773 bits per heavy atom. The maximum Gasteiger partial charge on any atom is -0.0184 e. The number of hydrogen-bond acceptors (Lipinski definition) is 0. The van der Waals surface area contributed by atoms with Gasteiger partial charge in [0.05, 0.1) is 0 Å². The average Bonchev–Trinajstić information content (AvgIpc) is 3.19. The summed E-state index contributed by atoms with van der Waals surface area (Å²) in [5, 5.41) is 0. The minimum absolute atomic E-state index is 0.908. The van der Waals surface area contributed by atoms with Gasteiger partial charge < -0.3 is 0 Å². The molecule has 1 fully saturated rings. The standard InChI is InChI=1S/C22H24/c1-2-6-19(7-3-1)20-12-9-17(10-13-20)5-4-8-21-15-18-11-14-22(21)16-18/h1-3,6-7,9-14,18,21-22H,4-5,8,15-16H2. The van der Waals surface area contributed by atoms with Gasteiger partial charge in [0.1, 0.15) is 0 Å². The van der Waals surface area contributed by atoms with Crippen LogP contribution in [0.1, 0.15) is 31.2 Å². The molecule has 3 unspecified atom stereocenters. The number of rotatable bonds is 5. The Morgan fingerprint density at radius 2 is 1.55 bits per heavy atom. The third-order valence-corrected chi connectivity index (χ3v) is 5.52. The fourth-order valence-electron chi connectivity index (χ4n) is 4.29. The highest BCUT2D eigenvalue weighted by Crippen LogP contribution is 2.45. The summed E-state index contributed by atoms with van der Waals surface area (Å²) in [4.78, 5) is 0. The van der Waals surface area contributed by atoms with Crippen molar-refractivity contribution in [1.82, 2.24) is 0 Å². The molecule has 2 aliphatic carbocycles. The summed E-state index contributed by atoms with van der Waals surface area (Å²) in [7, 11) is 0. The van der Waals surface area contributed by atoms with Crippen LogP contribution in [-0.2, 0) is 6.42 Å². The zero-order chi connectivity index (χ0) is 14.8. The van der Waals surface area contributed by atoms with E-state index < -0.39 is 0 Å². The molecule has 0 saturated heterocycles. The highest BCUT2D eigenvalue weighted by Gasteiger charge is 2.34. The van der Waals surface area contributed by atoms with E-state index in [1.54, 1.807) is 0 Å². The first-order valence-electron chi connectivity index (χ1n) is 8.71. The fourth-order valence-corrected chi connectivity index (χ4v) is 4.29. The quantitative estimate of drug-likeness (QED) is 0.602. The first-order valence-corrected chi connectivity index (χ1v) is 8.71. The molecule has 2 aliphatic rings. The van der Waals surface area contributed by atoms with Crippen molar-refractivity contribution in [3.63, 3.8) is 0 Å². The van der Waals surface area contributed by atoms with Gasteiger partial charge in [0.25, 0.3) is 0 Å². The topological polar surface area (TPSA) is 0 Å². The Labute approximate surface area is 133 Å². The molecule has 112 valence electrons. The Balaban J connectivity index is 1.31. The molecule has 4 rings (SSSR count). The predicted molar refractivity (Wildman–Crippen MR) is 93.7 cm³/mol. The van der Waals surface area contributed by atoms with Gasteiger partial charge in [0.15, 0.2) is 0 Å². The first-order chi connectivity index (χ1) is 10.9. The molecule has 0 radical (unpaired) electrons. The molecule has 1 saturated carbocycles. The first kappa shape index (κ1) is 13.8. The summed E-state index contributed by atoms with van der Waals surface area (Å²) in [6.07, 6.45) is 11.8.